The Labute approximate surface area is 590 Å². The van der Waals surface area contributed by atoms with E-state index in [1.165, 1.54) is 27.7 Å². The van der Waals surface area contributed by atoms with Crippen molar-refractivity contribution in [2.24, 2.45) is 40.4 Å². The summed E-state index contributed by atoms with van der Waals surface area (Å²) < 4.78 is 115. The monoisotopic (exact) mass is 1440 g/mol. The van der Waals surface area contributed by atoms with E-state index in [-0.39, 0.29) is 84.7 Å². The average Bonchev–Trinajstić information content (AvgIpc) is 1.35. The number of hydrogen-bond donors (Lipinski definition) is 16. The van der Waals surface area contributed by atoms with Crippen LogP contribution in [-0.4, -0.2) is 316 Å². The number of Topliss-reactive ketones (excluding diaryl/α,β-unsaturated/α-hetero) is 1. The smallest absolute Gasteiger partial charge is 0.726 e. The van der Waals surface area contributed by atoms with Crippen molar-refractivity contribution in [3.8, 4) is 0 Å². The van der Waals surface area contributed by atoms with E-state index in [1.54, 1.807) is 6.92 Å². The van der Waals surface area contributed by atoms with Crippen LogP contribution in [0.15, 0.2) is 11.6 Å². The zero-order valence-electron chi connectivity index (χ0n) is 56.7. The third kappa shape index (κ3) is 16.2. The molecule has 0 aromatic rings. The van der Waals surface area contributed by atoms with Crippen LogP contribution in [0.25, 0.3) is 0 Å². The molecule has 10 rings (SSSR count). The summed E-state index contributed by atoms with van der Waals surface area (Å²) in [6, 6.07) is 0. The first kappa shape index (κ1) is 81.2. The van der Waals surface area contributed by atoms with Gasteiger partial charge in [-0.25, -0.2) is 8.42 Å². The van der Waals surface area contributed by atoms with Gasteiger partial charge in [-0.15, -0.1) is 0 Å². The van der Waals surface area contributed by atoms with Crippen LogP contribution in [0.5, 0.6) is 0 Å². The molecule has 6 saturated heterocycles. The number of rotatable bonds is 21. The molecule has 6 heterocycles. The second-order valence-electron chi connectivity index (χ2n) is 29.9. The number of carbonyl (C=O) groups excluding carboxylic acids is 1. The number of hydrogen-bond acceptors (Lipinski definition) is 33. The van der Waals surface area contributed by atoms with Gasteiger partial charge in [-0.05, 0) is 120 Å². The zero-order chi connectivity index (χ0) is 71.2. The van der Waals surface area contributed by atoms with Gasteiger partial charge in [0.25, 0.3) is 0 Å². The van der Waals surface area contributed by atoms with Crippen molar-refractivity contribution in [2.45, 2.75) is 322 Å². The molecule has 0 radical (unpaired) electrons. The fourth-order valence-corrected chi connectivity index (χ4v) is 18.0. The van der Waals surface area contributed by atoms with E-state index in [0.29, 0.717) is 32.1 Å². The Morgan fingerprint density at radius 3 is 1.58 bits per heavy atom. The predicted molar refractivity (Wildman–Crippen MR) is 321 cm³/mol. The molecule has 9 fully saturated rings. The van der Waals surface area contributed by atoms with Gasteiger partial charge in [0.05, 0.1) is 55.4 Å². The molecule has 560 valence electrons. The molecule has 33 nitrogen and oxygen atoms in total. The summed E-state index contributed by atoms with van der Waals surface area (Å²) >= 11 is 0. The van der Waals surface area contributed by atoms with E-state index in [0.717, 1.165) is 5.57 Å². The SMILES string of the molecule is CC(C)CC(=O)C[C@](C)(O)[C@H]1CC[C@H]2[C@@H]3C[C@H](O[C@@H]4O[C@H](C)[C@@H](O)[C@H](O[C@@H]5O[C@H](C)[C@@H](O[C@@H]6O[C@H](CO)[C@H](O)[C@H](O)[C@H]6O[C@@H]6O[C@H](C)[C@H](O)[C@H](O[C@@H]7O[C@H](CO)[C@H](O)[C@H](O)[C@H]7O)[C@H]6O)[C@H](O)[C@H]5O[C@@H]5O[C@H](C)[C@@H](O)[C@H](O)[C@H]5O)[C@H]4O)[C@H]4C[C@@H](OS(=O)(=O)[O-])CC[C@]4(C)C3=CC[C@@]21C.[Na+]. The van der Waals surface area contributed by atoms with Crippen LogP contribution < -0.4 is 29.6 Å². The molecule has 0 spiro atoms. The molecule has 4 aliphatic carbocycles. The van der Waals surface area contributed by atoms with Gasteiger partial charge >= 0.3 is 29.6 Å². The molecule has 0 amide bonds. The molecule has 0 bridgehead atoms. The molecule has 16 N–H and O–H groups in total. The number of aliphatic hydroxyl groups is 16. The Bertz CT molecular complexity index is 2790. The summed E-state index contributed by atoms with van der Waals surface area (Å²) in [5.41, 5.74) is -1.42. The van der Waals surface area contributed by atoms with E-state index in [9.17, 15) is 99.5 Å². The van der Waals surface area contributed by atoms with Crippen LogP contribution in [0.3, 0.4) is 0 Å². The molecule has 39 atom stereocenters. The van der Waals surface area contributed by atoms with Gasteiger partial charge in [0.2, 0.25) is 10.4 Å². The van der Waals surface area contributed by atoms with Gasteiger partial charge in [-0.3, -0.25) is 8.98 Å². The van der Waals surface area contributed by atoms with Gasteiger partial charge in [-0.2, -0.15) is 0 Å². The number of allylic oxidation sites excluding steroid dienone is 2. The molecule has 35 heteroatoms. The van der Waals surface area contributed by atoms with E-state index < -0.39 is 242 Å². The summed E-state index contributed by atoms with van der Waals surface area (Å²) in [6.45, 7) is 13.5. The van der Waals surface area contributed by atoms with Crippen LogP contribution in [0, 0.1) is 40.4 Å². The Balaban J connectivity index is 0.0000112. The topological polar surface area (TPSA) is 518 Å². The van der Waals surface area contributed by atoms with Crippen LogP contribution in [-0.2, 0) is 76.2 Å². The number of aliphatic hydroxyl groups excluding tert-OH is 15. The number of ether oxygens (including phenoxy) is 12. The van der Waals surface area contributed by atoms with Crippen molar-refractivity contribution >= 4 is 16.2 Å². The second kappa shape index (κ2) is 31.9. The predicted octanol–water partition coefficient (Wildman–Crippen LogP) is -7.80. The summed E-state index contributed by atoms with van der Waals surface area (Å²) in [7, 11) is -5.17. The van der Waals surface area contributed by atoms with Gasteiger partial charge in [-0.1, -0.05) is 39.3 Å². The fourth-order valence-electron chi connectivity index (χ4n) is 17.5. The molecular weight excluding hydrogens is 1340 g/mol. The van der Waals surface area contributed by atoms with E-state index in [4.69, 9.17) is 61.0 Å². The molecular formula is C63H103NaO33S. The van der Waals surface area contributed by atoms with Gasteiger partial charge in [0.1, 0.15) is 128 Å². The molecule has 10 aliphatic rings. The van der Waals surface area contributed by atoms with Crippen LogP contribution in [0.1, 0.15) is 120 Å². The van der Waals surface area contributed by atoms with Gasteiger partial charge in [0, 0.05) is 12.8 Å². The Morgan fingerprint density at radius 1 is 0.561 bits per heavy atom. The van der Waals surface area contributed by atoms with Crippen molar-refractivity contribution in [1.82, 2.24) is 0 Å². The summed E-state index contributed by atoms with van der Waals surface area (Å²) in [6.07, 6.45) is -50.7. The van der Waals surface area contributed by atoms with Crippen molar-refractivity contribution in [2.75, 3.05) is 13.2 Å². The van der Waals surface area contributed by atoms with Crippen molar-refractivity contribution in [3.05, 3.63) is 11.6 Å². The number of carbonyl (C=O) groups is 1. The minimum atomic E-state index is -5.17. The quantitative estimate of drug-likeness (QED) is 0.0220. The average molecular weight is 1440 g/mol. The van der Waals surface area contributed by atoms with Crippen LogP contribution >= 0.6 is 0 Å². The summed E-state index contributed by atoms with van der Waals surface area (Å²) in [5.74, 6) is -1.03. The Hall–Kier alpha value is -0.840. The third-order valence-corrected chi connectivity index (χ3v) is 23.2. The van der Waals surface area contributed by atoms with Crippen LogP contribution in [0.4, 0.5) is 0 Å². The Kier molecular flexibility index (Phi) is 26.5. The maximum Gasteiger partial charge on any atom is 1.00 e. The minimum Gasteiger partial charge on any atom is -0.726 e. The number of ketones is 1. The van der Waals surface area contributed by atoms with E-state index in [1.807, 2.05) is 20.8 Å². The normalized spacial score (nSPS) is 51.4. The molecule has 0 unspecified atom stereocenters. The van der Waals surface area contributed by atoms with Crippen LogP contribution in [0.2, 0.25) is 0 Å². The second-order valence-corrected chi connectivity index (χ2v) is 30.9. The number of fused-ring (bicyclic) bond motifs is 5. The van der Waals surface area contributed by atoms with Crippen molar-refractivity contribution < 1.29 is 190 Å². The first-order valence-corrected chi connectivity index (χ1v) is 35.2. The summed E-state index contributed by atoms with van der Waals surface area (Å²) in [5, 5.41) is 180. The first-order chi connectivity index (χ1) is 45.3. The molecule has 6 aliphatic heterocycles. The maximum absolute atomic E-state index is 13.3. The van der Waals surface area contributed by atoms with Gasteiger partial charge < -0.3 is 143 Å². The third-order valence-electron chi connectivity index (χ3n) is 22.7. The molecule has 3 saturated carbocycles. The fraction of sp³-hybridized carbons (Fsp3) is 0.952. The molecule has 98 heavy (non-hydrogen) atoms. The van der Waals surface area contributed by atoms with E-state index in [2.05, 4.69) is 13.0 Å². The Morgan fingerprint density at radius 2 is 1.02 bits per heavy atom. The van der Waals surface area contributed by atoms with Gasteiger partial charge in [0.15, 0.2) is 37.7 Å². The van der Waals surface area contributed by atoms with Crippen molar-refractivity contribution in [3.63, 3.8) is 0 Å². The molecule has 0 aromatic carbocycles. The first-order valence-electron chi connectivity index (χ1n) is 33.8. The van der Waals surface area contributed by atoms with Crippen molar-refractivity contribution in [1.29, 1.82) is 0 Å². The largest absolute Gasteiger partial charge is 1.00 e. The minimum absolute atomic E-state index is 0. The summed E-state index contributed by atoms with van der Waals surface area (Å²) in [4.78, 5) is 13.3. The zero-order valence-corrected chi connectivity index (χ0v) is 59.5. The van der Waals surface area contributed by atoms with E-state index >= 15 is 0 Å². The standard InChI is InChI=1S/C63H104O33S.Na/c1-22(2)16-27(66)19-63(9,80)36-11-10-30-29-18-33(32-17-28(96-97(81,82)83)12-14-61(32,7)31(29)13-15-62(30,36)8)88-57-48(78)52(39(69)24(4)85-57)93-59-54(95-55-45(75)42(72)37(67)23(3)84-55)47(77)50(26(6)87-59)91-60-53(44(74)41(71)35(21-65)90-60)94-58-49(79)51(38(68)25(5)86-58)92-56-46(76)43(73)40(70)34(20-64)89-56;/h13,22-26,28-30,32-60,64-65,67-80H,10-12,14-21H2,1-9H3,(H,81,82,83);/q;+1/p-1/t23-,24-,25-,26-,28+,29+,30+,32-,33+,34-,35-,36+,37-,38+,39-,40+,41+,42+,43+,44+,45-,46-,47+,48-,49-,50-,51+,52+,53-,54-,55+,56+,57+,58+,59+,60+,61-,62+,63+;/m1./s1. The maximum atomic E-state index is 13.3. The molecule has 0 aromatic heterocycles.